The minimum absolute atomic E-state index is 0.0123. The maximum atomic E-state index is 13.1. The SMILES string of the molecule is CC(C)OC(=O)OC(CN1CCC(C(=O)c2cccc(Cl)c2)CC1)c1ccccc1.CCc1ccc(C(CN2CCC(C(=O)c3ccc(F)cc3)CC2)OC(=O)OC)cc1.[C-]#[N+]c1ccc(C(CN2CCC(C(=O)c3ccc(F)cc3)CC2)OC(=O)OC(C)C)cc1. The first-order valence-electron chi connectivity index (χ1n) is 31.4. The van der Waals surface area contributed by atoms with E-state index in [0.717, 1.165) is 75.0 Å². The zero-order valence-electron chi connectivity index (χ0n) is 53.2. The standard InChI is InChI=1S/C25H27FN2O4.C24H28ClNO4.C24H28FNO4/c1-17(2)31-25(30)32-23(18-6-10-22(27-3)11-7-18)16-28-14-12-20(13-15-28)24(29)19-4-8-21(26)9-5-19;1-17(2)29-24(28)30-22(18-7-4-3-5-8-18)16-26-13-11-19(12-14-26)23(27)20-9-6-10-21(25)15-20;1-3-17-4-6-18(7-5-17)22(30-24(28)29-2)16-26-14-12-20(13-15-26)23(27)19-8-10-21(25)11-9-19/h4-11,17,20,23H,12-16H2,1-2H3;3-10,15,17,19,22H,11-14,16H2,1-2H3;4-11,20,22H,3,12-16H2,1-2H3. The average molecular weight is 1280 g/mol. The third-order valence-corrected chi connectivity index (χ3v) is 16.6. The fraction of sp³-hybridized carbons (Fsp3) is 0.411. The Bertz CT molecular complexity index is 3360. The third-order valence-electron chi connectivity index (χ3n) is 16.4. The molecule has 0 amide bonds. The quantitative estimate of drug-likeness (QED) is 0.0288. The van der Waals surface area contributed by atoms with E-state index in [9.17, 15) is 37.5 Å². The number of Topliss-reactive ketones (excluding diaryl/α,β-unsaturated/α-hetero) is 3. The van der Waals surface area contributed by atoms with E-state index in [1.54, 1.807) is 76.2 Å². The lowest BCUT2D eigenvalue weighted by Crippen LogP contribution is -2.39. The van der Waals surface area contributed by atoms with Gasteiger partial charge in [0.25, 0.3) is 0 Å². The van der Waals surface area contributed by atoms with Crippen LogP contribution in [0.2, 0.25) is 5.02 Å². The van der Waals surface area contributed by atoms with E-state index < -0.39 is 36.8 Å². The monoisotopic (exact) mass is 1280 g/mol. The Balaban J connectivity index is 0.000000196. The molecule has 9 rings (SSSR count). The molecule has 0 radical (unpaired) electrons. The molecule has 3 heterocycles. The van der Waals surface area contributed by atoms with Gasteiger partial charge in [-0.05, 0) is 195 Å². The lowest BCUT2D eigenvalue weighted by Gasteiger charge is -2.33. The van der Waals surface area contributed by atoms with Gasteiger partial charge in [-0.2, -0.15) is 0 Å². The number of likely N-dealkylation sites (tertiary alicyclic amines) is 3. The van der Waals surface area contributed by atoms with Crippen LogP contribution in [-0.2, 0) is 34.8 Å². The number of piperidine rings is 3. The summed E-state index contributed by atoms with van der Waals surface area (Å²) in [7, 11) is 1.30. The third kappa shape index (κ3) is 22.5. The van der Waals surface area contributed by atoms with Crippen LogP contribution in [0.25, 0.3) is 4.85 Å². The number of methoxy groups -OCH3 is 1. The molecule has 3 fully saturated rings. The number of ketones is 3. The zero-order valence-corrected chi connectivity index (χ0v) is 53.9. The molecule has 6 aromatic rings. The Morgan fingerprint density at radius 2 is 0.848 bits per heavy atom. The molecule has 0 bridgehead atoms. The summed E-state index contributed by atoms with van der Waals surface area (Å²) >= 11 is 6.03. The van der Waals surface area contributed by atoms with Gasteiger partial charge in [-0.3, -0.25) is 29.1 Å². The highest BCUT2D eigenvalue weighted by Crippen LogP contribution is 2.31. The van der Waals surface area contributed by atoms with Crippen molar-refractivity contribution in [1.82, 2.24) is 14.7 Å². The molecule has 3 saturated heterocycles. The van der Waals surface area contributed by atoms with E-state index in [0.29, 0.717) is 73.0 Å². The Morgan fingerprint density at radius 3 is 1.21 bits per heavy atom. The van der Waals surface area contributed by atoms with Crippen molar-refractivity contribution in [3.8, 4) is 0 Å². The van der Waals surface area contributed by atoms with E-state index in [2.05, 4.69) is 26.5 Å². The molecule has 3 atom stereocenters. The number of hydrogen-bond acceptors (Lipinski definition) is 15. The fourth-order valence-electron chi connectivity index (χ4n) is 11.3. The Labute approximate surface area is 543 Å². The van der Waals surface area contributed by atoms with Crippen LogP contribution in [0, 0.1) is 36.0 Å². The van der Waals surface area contributed by atoms with Crippen LogP contribution < -0.4 is 0 Å². The number of carbonyl (C=O) groups excluding carboxylic acids is 6. The van der Waals surface area contributed by atoms with Crippen LogP contribution in [0.5, 0.6) is 0 Å². The van der Waals surface area contributed by atoms with Gasteiger partial charge in [-0.25, -0.2) is 28.0 Å². The van der Waals surface area contributed by atoms with Crippen LogP contribution >= 0.6 is 11.6 Å². The number of nitrogens with zero attached hydrogens (tertiary/aromatic N) is 4. The molecular weight excluding hydrogens is 1200 g/mol. The normalized spacial score (nSPS) is 16.0. The van der Waals surface area contributed by atoms with Gasteiger partial charge >= 0.3 is 18.5 Å². The summed E-state index contributed by atoms with van der Waals surface area (Å²) in [6.45, 7) is 22.2. The highest BCUT2D eigenvalue weighted by molar-refractivity contribution is 6.31. The second kappa shape index (κ2) is 36.0. The van der Waals surface area contributed by atoms with Crippen LogP contribution in [0.3, 0.4) is 0 Å². The van der Waals surface area contributed by atoms with Gasteiger partial charge in [0.05, 0.1) is 25.9 Å². The van der Waals surface area contributed by atoms with Gasteiger partial charge in [0.15, 0.2) is 23.0 Å². The molecule has 92 heavy (non-hydrogen) atoms. The molecule has 3 aliphatic rings. The number of carbonyl (C=O) groups is 6. The summed E-state index contributed by atoms with van der Waals surface area (Å²) in [5.41, 5.74) is 6.11. The molecule has 0 saturated carbocycles. The minimum Gasteiger partial charge on any atom is -0.438 e. The predicted molar refractivity (Wildman–Crippen MR) is 347 cm³/mol. The van der Waals surface area contributed by atoms with Crippen molar-refractivity contribution in [3.63, 3.8) is 0 Å². The summed E-state index contributed by atoms with van der Waals surface area (Å²) < 4.78 is 58.0. The van der Waals surface area contributed by atoms with Crippen molar-refractivity contribution in [2.45, 2.75) is 110 Å². The first-order valence-corrected chi connectivity index (χ1v) is 31.8. The van der Waals surface area contributed by atoms with Crippen LogP contribution in [0.15, 0.2) is 152 Å². The van der Waals surface area contributed by atoms with Gasteiger partial charge in [0, 0.05) is 59.1 Å². The lowest BCUT2D eigenvalue weighted by atomic mass is 9.88. The largest absolute Gasteiger partial charge is 0.509 e. The number of ether oxygens (including phenoxy) is 6. The predicted octanol–water partition coefficient (Wildman–Crippen LogP) is 15.9. The summed E-state index contributed by atoms with van der Waals surface area (Å²) in [6.07, 6.45) is 1.23. The number of hydrogen-bond donors (Lipinski definition) is 0. The average Bonchev–Trinajstić information content (AvgIpc) is 1.71. The van der Waals surface area contributed by atoms with Crippen LogP contribution in [-0.4, -0.2) is 129 Å². The van der Waals surface area contributed by atoms with E-state index in [1.807, 2.05) is 66.7 Å². The zero-order chi connectivity index (χ0) is 66.1. The second-order valence-electron chi connectivity index (χ2n) is 23.7. The topological polar surface area (TPSA) is 172 Å². The van der Waals surface area contributed by atoms with E-state index in [4.69, 9.17) is 46.6 Å². The second-order valence-corrected chi connectivity index (χ2v) is 24.1. The van der Waals surface area contributed by atoms with Crippen molar-refractivity contribution in [2.24, 2.45) is 17.8 Å². The molecule has 16 nitrogen and oxygen atoms in total. The highest BCUT2D eigenvalue weighted by atomic mass is 35.5. The van der Waals surface area contributed by atoms with Crippen molar-refractivity contribution in [1.29, 1.82) is 0 Å². The smallest absolute Gasteiger partial charge is 0.438 e. The lowest BCUT2D eigenvalue weighted by molar-refractivity contribution is -0.00812. The Kier molecular flexibility index (Phi) is 27.9. The van der Waals surface area contributed by atoms with Crippen molar-refractivity contribution >= 4 is 53.1 Å². The molecule has 0 aromatic heterocycles. The first kappa shape index (κ1) is 71.1. The fourth-order valence-corrected chi connectivity index (χ4v) is 11.5. The highest BCUT2D eigenvalue weighted by Gasteiger charge is 2.33. The molecule has 6 aromatic carbocycles. The van der Waals surface area contributed by atoms with E-state index in [1.165, 1.54) is 49.1 Å². The summed E-state index contributed by atoms with van der Waals surface area (Å²) in [4.78, 5) is 84.2. The number of rotatable bonds is 21. The van der Waals surface area contributed by atoms with Crippen molar-refractivity contribution < 1.29 is 66.0 Å². The number of benzene rings is 6. The number of halogens is 3. The molecule has 3 aliphatic heterocycles. The van der Waals surface area contributed by atoms with E-state index in [-0.39, 0.29) is 58.9 Å². The van der Waals surface area contributed by atoms with Gasteiger partial charge < -0.3 is 28.4 Å². The first-order chi connectivity index (χ1) is 44.3. The Hall–Kier alpha value is -8.34. The Morgan fingerprint density at radius 1 is 0.478 bits per heavy atom. The molecule has 0 aliphatic carbocycles. The molecule has 0 spiro atoms. The molecule has 488 valence electrons. The summed E-state index contributed by atoms with van der Waals surface area (Å²) in [6, 6.07) is 43.2. The van der Waals surface area contributed by atoms with Gasteiger partial charge in [-0.15, -0.1) is 0 Å². The van der Waals surface area contributed by atoms with Gasteiger partial charge in [0.2, 0.25) is 0 Å². The summed E-state index contributed by atoms with van der Waals surface area (Å²) in [5.74, 6) is -0.654. The van der Waals surface area contributed by atoms with Gasteiger partial charge in [0.1, 0.15) is 29.9 Å². The van der Waals surface area contributed by atoms with Crippen LogP contribution in [0.4, 0.5) is 28.9 Å². The molecular formula is C73H83ClF2N4O12. The summed E-state index contributed by atoms with van der Waals surface area (Å²) in [5, 5.41) is 0.578. The molecule has 0 N–H and O–H groups in total. The van der Waals surface area contributed by atoms with E-state index >= 15 is 0 Å². The maximum absolute atomic E-state index is 13.1. The maximum Gasteiger partial charge on any atom is 0.509 e. The number of aryl methyl sites for hydroxylation is 1. The van der Waals surface area contributed by atoms with Crippen LogP contribution in [0.1, 0.15) is 145 Å². The van der Waals surface area contributed by atoms with Gasteiger partial charge in [-0.1, -0.05) is 110 Å². The van der Waals surface area contributed by atoms with Crippen molar-refractivity contribution in [3.05, 3.63) is 219 Å². The molecule has 3 unspecified atom stereocenters. The minimum atomic E-state index is -0.736. The molecule has 19 heteroatoms. The van der Waals surface area contributed by atoms with Crippen molar-refractivity contribution in [2.75, 3.05) is 66.0 Å².